The summed E-state index contributed by atoms with van der Waals surface area (Å²) < 4.78 is 5.10. The molecule has 10 nitrogen and oxygen atoms in total. The van der Waals surface area contributed by atoms with Crippen LogP contribution in [0.4, 0.5) is 10.5 Å². The van der Waals surface area contributed by atoms with E-state index in [0.29, 0.717) is 22.8 Å². The number of nitrogens with two attached hydrogens (primary N) is 2. The summed E-state index contributed by atoms with van der Waals surface area (Å²) in [5.41, 5.74) is 13.7. The molecule has 30 heavy (non-hydrogen) atoms. The van der Waals surface area contributed by atoms with Crippen molar-refractivity contribution in [1.82, 2.24) is 10.3 Å². The number of carbonyl (C=O) groups excluding carboxylic acids is 2. The Kier molecular flexibility index (Phi) is 5.97. The lowest BCUT2D eigenvalue weighted by Crippen LogP contribution is -2.22. The molecule has 0 aliphatic heterocycles. The number of ether oxygens (including phenoxy) is 1. The minimum atomic E-state index is -0.565. The molecule has 0 aliphatic rings. The molecule has 0 aliphatic carbocycles. The number of nitrogens with one attached hydrogen (secondary N) is 3. The first-order valence-electron chi connectivity index (χ1n) is 8.93. The summed E-state index contributed by atoms with van der Waals surface area (Å²) in [6, 6.07) is 13.8. The monoisotopic (exact) mass is 407 g/mol. The molecular weight excluding hydrogens is 386 g/mol. The van der Waals surface area contributed by atoms with Crippen LogP contribution in [0, 0.1) is 0 Å². The van der Waals surface area contributed by atoms with Gasteiger partial charge in [0.2, 0.25) is 5.96 Å². The third kappa shape index (κ3) is 4.93. The number of fused-ring (bicyclic) bond motifs is 1. The van der Waals surface area contributed by atoms with Gasteiger partial charge in [-0.05, 0) is 48.9 Å². The molecule has 2 amide bonds. The van der Waals surface area contributed by atoms with Crippen LogP contribution in [0.15, 0.2) is 58.7 Å². The molecule has 1 aromatic heterocycles. The molecular formula is C20H21N7O3. The van der Waals surface area contributed by atoms with E-state index in [0.717, 1.165) is 16.5 Å². The van der Waals surface area contributed by atoms with Crippen LogP contribution in [0.25, 0.3) is 10.9 Å². The predicted octanol–water partition coefficient (Wildman–Crippen LogP) is 2.14. The minimum Gasteiger partial charge on any atom is -0.410 e. The van der Waals surface area contributed by atoms with Gasteiger partial charge in [-0.15, -0.1) is 5.10 Å². The average molecular weight is 407 g/mol. The summed E-state index contributed by atoms with van der Waals surface area (Å²) in [6.45, 7) is 1.77. The summed E-state index contributed by atoms with van der Waals surface area (Å²) in [5.74, 6) is -0.0522. The minimum absolute atomic E-state index is 0.121. The maximum absolute atomic E-state index is 12.6. The largest absolute Gasteiger partial charge is 0.412 e. The number of carbonyl (C=O) groups is 2. The van der Waals surface area contributed by atoms with Gasteiger partial charge >= 0.3 is 6.09 Å². The van der Waals surface area contributed by atoms with Crippen LogP contribution in [-0.4, -0.2) is 35.7 Å². The van der Waals surface area contributed by atoms with E-state index >= 15 is 0 Å². The number of anilines is 1. The van der Waals surface area contributed by atoms with Crippen LogP contribution in [0.3, 0.4) is 0 Å². The van der Waals surface area contributed by atoms with Crippen molar-refractivity contribution in [1.29, 1.82) is 0 Å². The first kappa shape index (κ1) is 20.4. The number of hydrogen-bond acceptors (Lipinski definition) is 5. The number of benzene rings is 2. The number of rotatable bonds is 5. The molecule has 0 bridgehead atoms. The molecule has 3 aromatic rings. The van der Waals surface area contributed by atoms with Gasteiger partial charge in [0.25, 0.3) is 5.91 Å². The fourth-order valence-electron chi connectivity index (χ4n) is 2.64. The summed E-state index contributed by atoms with van der Waals surface area (Å²) in [6.07, 6.45) is -0.565. The topological polar surface area (TPSA) is 160 Å². The lowest BCUT2D eigenvalue weighted by atomic mass is 10.1. The molecule has 0 spiro atoms. The highest BCUT2D eigenvalue weighted by molar-refractivity contribution is 6.06. The lowest BCUT2D eigenvalue weighted by Gasteiger charge is -2.05. The second kappa shape index (κ2) is 8.78. The van der Waals surface area contributed by atoms with Crippen molar-refractivity contribution in [3.63, 3.8) is 0 Å². The zero-order valence-electron chi connectivity index (χ0n) is 16.4. The van der Waals surface area contributed by atoms with Gasteiger partial charge in [-0.1, -0.05) is 12.1 Å². The van der Waals surface area contributed by atoms with E-state index in [9.17, 15) is 9.59 Å². The van der Waals surface area contributed by atoms with E-state index in [1.54, 1.807) is 55.5 Å². The number of aromatic nitrogens is 1. The third-order valence-corrected chi connectivity index (χ3v) is 4.13. The number of hydrogen-bond donors (Lipinski definition) is 5. The molecule has 154 valence electrons. The molecule has 7 N–H and O–H groups in total. The maximum Gasteiger partial charge on any atom is 0.412 e. The van der Waals surface area contributed by atoms with Gasteiger partial charge in [-0.25, -0.2) is 4.79 Å². The molecule has 3 rings (SSSR count). The standard InChI is InChI=1S/C20H21N7O3/c1-11(26-27-19(21)22)12-3-5-14(6-4-12)24-18(28)17-10-13-9-15(30-20(29)23-2)7-8-16(13)25-17/h3-10,25H,1-2H3,(H,23,29)(H,24,28)(H4,21,22,27). The van der Waals surface area contributed by atoms with Crippen LogP contribution in [0.5, 0.6) is 5.75 Å². The van der Waals surface area contributed by atoms with Crippen molar-refractivity contribution in [3.05, 3.63) is 59.8 Å². The van der Waals surface area contributed by atoms with Gasteiger partial charge in [0.1, 0.15) is 11.4 Å². The summed E-state index contributed by atoms with van der Waals surface area (Å²) in [7, 11) is 1.48. The first-order chi connectivity index (χ1) is 14.4. The molecule has 0 radical (unpaired) electrons. The number of aromatic amines is 1. The van der Waals surface area contributed by atoms with E-state index < -0.39 is 6.09 Å². The average Bonchev–Trinajstić information content (AvgIpc) is 3.16. The van der Waals surface area contributed by atoms with Crippen molar-refractivity contribution in [2.45, 2.75) is 6.92 Å². The number of amides is 2. The summed E-state index contributed by atoms with van der Waals surface area (Å²) in [5, 5.41) is 13.5. The van der Waals surface area contributed by atoms with Crippen molar-refractivity contribution >= 4 is 40.3 Å². The van der Waals surface area contributed by atoms with E-state index in [1.807, 2.05) is 0 Å². The van der Waals surface area contributed by atoms with Crippen LogP contribution in [0.1, 0.15) is 23.0 Å². The third-order valence-electron chi connectivity index (χ3n) is 4.13. The van der Waals surface area contributed by atoms with Gasteiger partial charge in [0.15, 0.2) is 0 Å². The highest BCUT2D eigenvalue weighted by Crippen LogP contribution is 2.22. The smallest absolute Gasteiger partial charge is 0.410 e. The van der Waals surface area contributed by atoms with Gasteiger partial charge in [-0.2, -0.15) is 5.10 Å². The summed E-state index contributed by atoms with van der Waals surface area (Å²) >= 11 is 0. The van der Waals surface area contributed by atoms with Gasteiger partial charge < -0.3 is 31.8 Å². The Morgan fingerprint density at radius 2 is 1.77 bits per heavy atom. The van der Waals surface area contributed by atoms with Gasteiger partial charge in [0, 0.05) is 23.6 Å². The normalized spacial score (nSPS) is 11.1. The van der Waals surface area contributed by atoms with E-state index in [2.05, 4.69) is 25.8 Å². The molecule has 0 fully saturated rings. The first-order valence-corrected chi connectivity index (χ1v) is 8.93. The number of H-pyrrole nitrogens is 1. The molecule has 0 saturated heterocycles. The molecule has 1 heterocycles. The zero-order valence-corrected chi connectivity index (χ0v) is 16.4. The van der Waals surface area contributed by atoms with Gasteiger partial charge in [0.05, 0.1) is 5.71 Å². The van der Waals surface area contributed by atoms with Crippen LogP contribution in [-0.2, 0) is 0 Å². The number of guanidine groups is 1. The van der Waals surface area contributed by atoms with Crippen molar-refractivity contribution in [3.8, 4) is 5.75 Å². The predicted molar refractivity (Wildman–Crippen MR) is 116 cm³/mol. The van der Waals surface area contributed by atoms with Crippen molar-refractivity contribution < 1.29 is 14.3 Å². The quantitative estimate of drug-likeness (QED) is 0.248. The molecule has 2 aromatic carbocycles. The number of nitrogens with zero attached hydrogens (tertiary/aromatic N) is 2. The Morgan fingerprint density at radius 3 is 2.43 bits per heavy atom. The lowest BCUT2D eigenvalue weighted by molar-refractivity contribution is 0.102. The Labute approximate surface area is 172 Å². The Bertz CT molecular complexity index is 1140. The zero-order chi connectivity index (χ0) is 21.7. The summed E-state index contributed by atoms with van der Waals surface area (Å²) in [4.78, 5) is 27.0. The van der Waals surface area contributed by atoms with E-state index in [-0.39, 0.29) is 11.9 Å². The Hall–Kier alpha value is -4.34. The molecule has 0 unspecified atom stereocenters. The molecule has 0 saturated carbocycles. The molecule has 0 atom stereocenters. The van der Waals surface area contributed by atoms with Gasteiger partial charge in [-0.3, -0.25) is 4.79 Å². The van der Waals surface area contributed by atoms with Crippen LogP contribution < -0.4 is 26.8 Å². The SMILES string of the molecule is CNC(=O)Oc1ccc2[nH]c(C(=O)Nc3ccc(C(C)=NN=C(N)N)cc3)cc2c1. The Morgan fingerprint density at radius 1 is 1.03 bits per heavy atom. The highest BCUT2D eigenvalue weighted by Gasteiger charge is 2.11. The maximum atomic E-state index is 12.6. The van der Waals surface area contributed by atoms with Crippen molar-refractivity contribution in [2.24, 2.45) is 21.7 Å². The van der Waals surface area contributed by atoms with Crippen LogP contribution in [0.2, 0.25) is 0 Å². The second-order valence-electron chi connectivity index (χ2n) is 6.31. The van der Waals surface area contributed by atoms with Crippen LogP contribution >= 0.6 is 0 Å². The van der Waals surface area contributed by atoms with E-state index in [4.69, 9.17) is 16.2 Å². The van der Waals surface area contributed by atoms with E-state index in [1.165, 1.54) is 7.05 Å². The fourth-order valence-corrected chi connectivity index (χ4v) is 2.64. The second-order valence-corrected chi connectivity index (χ2v) is 6.31. The fraction of sp³-hybridized carbons (Fsp3) is 0.100. The highest BCUT2D eigenvalue weighted by atomic mass is 16.5. The Balaban J connectivity index is 1.72. The van der Waals surface area contributed by atoms with Crippen molar-refractivity contribution in [2.75, 3.05) is 12.4 Å². The molecule has 10 heteroatoms.